The Morgan fingerprint density at radius 3 is 2.27 bits per heavy atom. The standard InChI is InChI=1S/C15H22N6.HI/c1-11-5-7-13(8-6-11)9-17-15(16-3)18-10-14-20-19-12(2)21(14)4;/h5-8H,9-10H2,1-4H3,(H2,16,17,18);1H. The minimum atomic E-state index is 0. The number of aryl methyl sites for hydroxylation is 2. The van der Waals surface area contributed by atoms with Gasteiger partial charge in [-0.3, -0.25) is 4.99 Å². The Morgan fingerprint density at radius 1 is 1.09 bits per heavy atom. The van der Waals surface area contributed by atoms with Crippen LogP contribution >= 0.6 is 24.0 Å². The molecule has 120 valence electrons. The predicted molar refractivity (Wildman–Crippen MR) is 99.4 cm³/mol. The van der Waals surface area contributed by atoms with Crippen molar-refractivity contribution in [2.75, 3.05) is 7.05 Å². The van der Waals surface area contributed by atoms with E-state index in [1.165, 1.54) is 11.1 Å². The molecule has 1 aromatic heterocycles. The number of benzene rings is 1. The molecule has 2 aromatic rings. The lowest BCUT2D eigenvalue weighted by Gasteiger charge is -2.11. The summed E-state index contributed by atoms with van der Waals surface area (Å²) in [6.45, 7) is 5.34. The van der Waals surface area contributed by atoms with Crippen LogP contribution in [0.5, 0.6) is 0 Å². The zero-order valence-corrected chi connectivity index (χ0v) is 15.8. The number of guanidine groups is 1. The molecule has 0 fully saturated rings. The number of aliphatic imine (C=N–C) groups is 1. The highest BCUT2D eigenvalue weighted by molar-refractivity contribution is 14.0. The molecule has 0 saturated carbocycles. The molecule has 0 aliphatic rings. The molecule has 1 heterocycles. The quantitative estimate of drug-likeness (QED) is 0.456. The highest BCUT2D eigenvalue weighted by Gasteiger charge is 2.05. The maximum atomic E-state index is 4.21. The van der Waals surface area contributed by atoms with Gasteiger partial charge >= 0.3 is 0 Å². The molecule has 6 nitrogen and oxygen atoms in total. The molecule has 0 atom stereocenters. The number of hydrogen-bond donors (Lipinski definition) is 2. The number of nitrogens with zero attached hydrogens (tertiary/aromatic N) is 4. The van der Waals surface area contributed by atoms with Crippen LogP contribution in [0, 0.1) is 13.8 Å². The smallest absolute Gasteiger partial charge is 0.191 e. The predicted octanol–water partition coefficient (Wildman–Crippen LogP) is 1.92. The van der Waals surface area contributed by atoms with Crippen molar-refractivity contribution in [1.29, 1.82) is 0 Å². The fourth-order valence-electron chi connectivity index (χ4n) is 1.88. The Bertz CT molecular complexity index is 617. The Morgan fingerprint density at radius 2 is 1.73 bits per heavy atom. The molecule has 7 heteroatoms. The summed E-state index contributed by atoms with van der Waals surface area (Å²) in [5.41, 5.74) is 2.48. The van der Waals surface area contributed by atoms with Crippen molar-refractivity contribution in [2.45, 2.75) is 26.9 Å². The van der Waals surface area contributed by atoms with E-state index in [0.717, 1.165) is 24.2 Å². The summed E-state index contributed by atoms with van der Waals surface area (Å²) in [5, 5.41) is 14.7. The van der Waals surface area contributed by atoms with E-state index in [2.05, 4.69) is 57.0 Å². The second-order valence-electron chi connectivity index (χ2n) is 4.99. The summed E-state index contributed by atoms with van der Waals surface area (Å²) in [4.78, 5) is 4.21. The van der Waals surface area contributed by atoms with Crippen LogP contribution < -0.4 is 10.6 Å². The van der Waals surface area contributed by atoms with Crippen LogP contribution in [0.3, 0.4) is 0 Å². The highest BCUT2D eigenvalue weighted by Crippen LogP contribution is 2.02. The first kappa shape index (κ1) is 18.4. The van der Waals surface area contributed by atoms with E-state index in [0.29, 0.717) is 6.54 Å². The normalized spacial score (nSPS) is 11.0. The summed E-state index contributed by atoms with van der Waals surface area (Å²) in [6, 6.07) is 8.44. The van der Waals surface area contributed by atoms with Gasteiger partial charge in [0.05, 0.1) is 6.54 Å². The Hall–Kier alpha value is -1.64. The monoisotopic (exact) mass is 414 g/mol. The van der Waals surface area contributed by atoms with E-state index < -0.39 is 0 Å². The third kappa shape index (κ3) is 4.97. The third-order valence-electron chi connectivity index (χ3n) is 3.40. The number of halogens is 1. The van der Waals surface area contributed by atoms with Crippen LogP contribution in [0.2, 0.25) is 0 Å². The number of aromatic nitrogens is 3. The molecule has 2 N–H and O–H groups in total. The largest absolute Gasteiger partial charge is 0.352 e. The van der Waals surface area contributed by atoms with Gasteiger partial charge < -0.3 is 15.2 Å². The zero-order chi connectivity index (χ0) is 15.2. The molecule has 2 rings (SSSR count). The Kier molecular flexibility index (Phi) is 7.30. The van der Waals surface area contributed by atoms with Crippen molar-refractivity contribution in [3.8, 4) is 0 Å². The van der Waals surface area contributed by atoms with Crippen LogP contribution in [0.4, 0.5) is 0 Å². The average Bonchev–Trinajstić information content (AvgIpc) is 2.81. The zero-order valence-electron chi connectivity index (χ0n) is 13.4. The van der Waals surface area contributed by atoms with Gasteiger partial charge in [0.25, 0.3) is 0 Å². The van der Waals surface area contributed by atoms with E-state index in [1.54, 1.807) is 7.05 Å². The molecule has 0 aliphatic heterocycles. The van der Waals surface area contributed by atoms with Gasteiger partial charge in [-0.2, -0.15) is 0 Å². The lowest BCUT2D eigenvalue weighted by atomic mass is 10.1. The fraction of sp³-hybridized carbons (Fsp3) is 0.400. The van der Waals surface area contributed by atoms with Crippen molar-refractivity contribution in [2.24, 2.45) is 12.0 Å². The first-order valence-electron chi connectivity index (χ1n) is 6.95. The maximum Gasteiger partial charge on any atom is 0.191 e. The van der Waals surface area contributed by atoms with Gasteiger partial charge in [0.1, 0.15) is 5.82 Å². The maximum absolute atomic E-state index is 4.21. The minimum absolute atomic E-state index is 0. The molecule has 0 unspecified atom stereocenters. The Balaban J connectivity index is 0.00000242. The lowest BCUT2D eigenvalue weighted by molar-refractivity contribution is 0.717. The molecule has 1 aromatic carbocycles. The van der Waals surface area contributed by atoms with Gasteiger partial charge in [0.15, 0.2) is 11.8 Å². The highest BCUT2D eigenvalue weighted by atomic mass is 127. The van der Waals surface area contributed by atoms with Crippen LogP contribution in [-0.2, 0) is 20.1 Å². The van der Waals surface area contributed by atoms with E-state index in [1.807, 2.05) is 18.5 Å². The second-order valence-corrected chi connectivity index (χ2v) is 4.99. The summed E-state index contributed by atoms with van der Waals surface area (Å²) >= 11 is 0. The van der Waals surface area contributed by atoms with Gasteiger partial charge in [-0.1, -0.05) is 29.8 Å². The molecule has 22 heavy (non-hydrogen) atoms. The van der Waals surface area contributed by atoms with Crippen molar-refractivity contribution in [1.82, 2.24) is 25.4 Å². The summed E-state index contributed by atoms with van der Waals surface area (Å²) in [7, 11) is 3.71. The van der Waals surface area contributed by atoms with E-state index in [9.17, 15) is 0 Å². The van der Waals surface area contributed by atoms with Gasteiger partial charge in [-0.05, 0) is 19.4 Å². The fourth-order valence-corrected chi connectivity index (χ4v) is 1.88. The first-order chi connectivity index (χ1) is 10.1. The molecule has 0 saturated heterocycles. The number of nitrogens with one attached hydrogen (secondary N) is 2. The molecule has 0 amide bonds. The minimum Gasteiger partial charge on any atom is -0.352 e. The molecular formula is C15H23IN6. The van der Waals surface area contributed by atoms with Gasteiger partial charge in [0, 0.05) is 20.6 Å². The van der Waals surface area contributed by atoms with E-state index in [4.69, 9.17) is 0 Å². The summed E-state index contributed by atoms with van der Waals surface area (Å²) < 4.78 is 1.96. The van der Waals surface area contributed by atoms with Crippen LogP contribution in [0.1, 0.15) is 22.8 Å². The first-order valence-corrected chi connectivity index (χ1v) is 6.95. The van der Waals surface area contributed by atoms with E-state index in [-0.39, 0.29) is 24.0 Å². The van der Waals surface area contributed by atoms with Crippen molar-refractivity contribution >= 4 is 29.9 Å². The van der Waals surface area contributed by atoms with Crippen molar-refractivity contribution in [3.05, 3.63) is 47.0 Å². The summed E-state index contributed by atoms with van der Waals surface area (Å²) in [5.74, 6) is 2.52. The van der Waals surface area contributed by atoms with Gasteiger partial charge in [-0.25, -0.2) is 0 Å². The number of rotatable bonds is 4. The van der Waals surface area contributed by atoms with Gasteiger partial charge in [-0.15, -0.1) is 34.2 Å². The molecule has 0 aliphatic carbocycles. The molecule has 0 spiro atoms. The Labute approximate surface area is 148 Å². The number of hydrogen-bond acceptors (Lipinski definition) is 3. The molecule has 0 bridgehead atoms. The van der Waals surface area contributed by atoms with E-state index >= 15 is 0 Å². The van der Waals surface area contributed by atoms with Crippen molar-refractivity contribution in [3.63, 3.8) is 0 Å². The SMILES string of the molecule is CN=C(NCc1ccc(C)cc1)NCc1nnc(C)n1C.I. The second kappa shape index (κ2) is 8.72. The van der Waals surface area contributed by atoms with Crippen LogP contribution in [-0.4, -0.2) is 27.8 Å². The van der Waals surface area contributed by atoms with Crippen LogP contribution in [0.15, 0.2) is 29.3 Å². The summed E-state index contributed by atoms with van der Waals surface area (Å²) in [6.07, 6.45) is 0. The average molecular weight is 414 g/mol. The van der Waals surface area contributed by atoms with Crippen LogP contribution in [0.25, 0.3) is 0 Å². The lowest BCUT2D eigenvalue weighted by Crippen LogP contribution is -2.36. The molecule has 0 radical (unpaired) electrons. The van der Waals surface area contributed by atoms with Crippen molar-refractivity contribution < 1.29 is 0 Å². The van der Waals surface area contributed by atoms with Gasteiger partial charge in [0.2, 0.25) is 0 Å². The molecular weight excluding hydrogens is 391 g/mol. The topological polar surface area (TPSA) is 67.1 Å². The third-order valence-corrected chi connectivity index (χ3v) is 3.40.